The molecule has 0 bridgehead atoms. The summed E-state index contributed by atoms with van der Waals surface area (Å²) in [6.07, 6.45) is 3.92. The molecule has 4 nitrogen and oxygen atoms in total. The van der Waals surface area contributed by atoms with Crippen LogP contribution in [0.25, 0.3) is 0 Å². The number of sulfonamides is 1. The van der Waals surface area contributed by atoms with Gasteiger partial charge in [0.05, 0.1) is 4.90 Å². The van der Waals surface area contributed by atoms with Gasteiger partial charge in [0.15, 0.2) is 0 Å². The first-order valence-electron chi connectivity index (χ1n) is 6.43. The van der Waals surface area contributed by atoms with Crippen LogP contribution in [0.1, 0.15) is 18.4 Å². The van der Waals surface area contributed by atoms with Crippen LogP contribution in [0.2, 0.25) is 0 Å². The summed E-state index contributed by atoms with van der Waals surface area (Å²) in [5, 5.41) is 3.02. The lowest BCUT2D eigenvalue weighted by Crippen LogP contribution is -2.25. The van der Waals surface area contributed by atoms with E-state index in [9.17, 15) is 8.42 Å². The summed E-state index contributed by atoms with van der Waals surface area (Å²) >= 11 is 5.08. The molecule has 0 atom stereocenters. The van der Waals surface area contributed by atoms with E-state index >= 15 is 0 Å². The third kappa shape index (κ3) is 5.73. The number of hydrogen-bond donors (Lipinski definition) is 2. The Hall–Kier alpha value is -0.0800. The standard InChI is InChI=1S/C13H21BrN2O2S2/c1-15-10-11-5-6-12(14)13(9-11)20(17,18)16-7-3-4-8-19-2/h5-6,9,15-16H,3-4,7-8,10H2,1-2H3. The maximum Gasteiger partial charge on any atom is 0.241 e. The monoisotopic (exact) mass is 380 g/mol. The first-order chi connectivity index (χ1) is 9.51. The maximum atomic E-state index is 12.3. The van der Waals surface area contributed by atoms with Crippen LogP contribution >= 0.6 is 27.7 Å². The van der Waals surface area contributed by atoms with Gasteiger partial charge in [-0.3, -0.25) is 0 Å². The zero-order valence-electron chi connectivity index (χ0n) is 11.8. The fourth-order valence-electron chi connectivity index (χ4n) is 1.72. The number of thioether (sulfide) groups is 1. The summed E-state index contributed by atoms with van der Waals surface area (Å²) in [5.41, 5.74) is 0.943. The highest BCUT2D eigenvalue weighted by Crippen LogP contribution is 2.23. The van der Waals surface area contributed by atoms with Crippen LogP contribution in [0.4, 0.5) is 0 Å². The second kappa shape index (κ2) is 9.04. The summed E-state index contributed by atoms with van der Waals surface area (Å²) in [4.78, 5) is 0.301. The minimum Gasteiger partial charge on any atom is -0.316 e. The molecular weight excluding hydrogens is 360 g/mol. The van der Waals surface area contributed by atoms with Crippen LogP contribution in [0.3, 0.4) is 0 Å². The third-order valence-corrected chi connectivity index (χ3v) is 5.89. The van der Waals surface area contributed by atoms with Crippen LogP contribution in [-0.2, 0) is 16.6 Å². The van der Waals surface area contributed by atoms with Crippen molar-refractivity contribution in [2.75, 3.05) is 25.6 Å². The highest BCUT2D eigenvalue weighted by molar-refractivity contribution is 9.10. The number of hydrogen-bond acceptors (Lipinski definition) is 4. The quantitative estimate of drug-likeness (QED) is 0.646. The Labute approximate surface area is 134 Å². The molecule has 0 saturated carbocycles. The average molecular weight is 381 g/mol. The highest BCUT2D eigenvalue weighted by atomic mass is 79.9. The van der Waals surface area contributed by atoms with Gasteiger partial charge >= 0.3 is 0 Å². The van der Waals surface area contributed by atoms with Crippen molar-refractivity contribution >= 4 is 37.7 Å². The van der Waals surface area contributed by atoms with E-state index in [1.807, 2.05) is 13.1 Å². The molecule has 2 N–H and O–H groups in total. The van der Waals surface area contributed by atoms with Gasteiger partial charge in [-0.2, -0.15) is 11.8 Å². The van der Waals surface area contributed by atoms with E-state index in [0.717, 1.165) is 24.2 Å². The van der Waals surface area contributed by atoms with E-state index < -0.39 is 10.0 Å². The molecule has 0 spiro atoms. The van der Waals surface area contributed by atoms with E-state index in [0.29, 0.717) is 22.5 Å². The Bertz CT molecular complexity index is 521. The van der Waals surface area contributed by atoms with Crippen molar-refractivity contribution in [3.63, 3.8) is 0 Å². The third-order valence-electron chi connectivity index (χ3n) is 2.73. The van der Waals surface area contributed by atoms with Crippen molar-refractivity contribution < 1.29 is 8.42 Å². The van der Waals surface area contributed by atoms with Crippen LogP contribution in [0.5, 0.6) is 0 Å². The second-order valence-electron chi connectivity index (χ2n) is 4.39. The lowest BCUT2D eigenvalue weighted by Gasteiger charge is -2.10. The Morgan fingerprint density at radius 1 is 1.30 bits per heavy atom. The van der Waals surface area contributed by atoms with Crippen LogP contribution in [0.15, 0.2) is 27.6 Å². The van der Waals surface area contributed by atoms with Crippen molar-refractivity contribution in [2.45, 2.75) is 24.3 Å². The van der Waals surface area contributed by atoms with E-state index in [1.165, 1.54) is 0 Å². The zero-order chi connectivity index (χ0) is 15.0. The van der Waals surface area contributed by atoms with Gasteiger partial charge in [0, 0.05) is 17.6 Å². The topological polar surface area (TPSA) is 58.2 Å². The number of halogens is 1. The average Bonchev–Trinajstić information content (AvgIpc) is 2.41. The van der Waals surface area contributed by atoms with Crippen LogP contribution in [-0.4, -0.2) is 34.0 Å². The smallest absolute Gasteiger partial charge is 0.241 e. The van der Waals surface area contributed by atoms with E-state index in [-0.39, 0.29) is 0 Å². The summed E-state index contributed by atoms with van der Waals surface area (Å²) < 4.78 is 27.8. The predicted molar refractivity (Wildman–Crippen MR) is 89.7 cm³/mol. The summed E-state index contributed by atoms with van der Waals surface area (Å²) in [6.45, 7) is 1.12. The van der Waals surface area contributed by atoms with Gasteiger partial charge in [-0.15, -0.1) is 0 Å². The number of benzene rings is 1. The van der Waals surface area contributed by atoms with Crippen molar-refractivity contribution in [3.8, 4) is 0 Å². The highest BCUT2D eigenvalue weighted by Gasteiger charge is 2.17. The molecular formula is C13H21BrN2O2S2. The van der Waals surface area contributed by atoms with Gasteiger partial charge in [-0.1, -0.05) is 6.07 Å². The van der Waals surface area contributed by atoms with Crippen molar-refractivity contribution in [1.29, 1.82) is 0 Å². The largest absolute Gasteiger partial charge is 0.316 e. The Balaban J connectivity index is 2.73. The molecule has 20 heavy (non-hydrogen) atoms. The second-order valence-corrected chi connectivity index (χ2v) is 7.97. The molecule has 1 aromatic rings. The maximum absolute atomic E-state index is 12.3. The molecule has 0 heterocycles. The Morgan fingerprint density at radius 3 is 2.70 bits per heavy atom. The molecule has 0 aliphatic heterocycles. The predicted octanol–water partition coefficient (Wildman–Crippen LogP) is 2.59. The summed E-state index contributed by atoms with van der Waals surface area (Å²) in [7, 11) is -1.62. The fourth-order valence-corrected chi connectivity index (χ4v) is 4.30. The minimum atomic E-state index is -3.45. The Kier molecular flexibility index (Phi) is 8.13. The van der Waals surface area contributed by atoms with Gasteiger partial charge < -0.3 is 5.32 Å². The molecule has 0 radical (unpaired) electrons. The van der Waals surface area contributed by atoms with E-state index in [1.54, 1.807) is 23.9 Å². The lowest BCUT2D eigenvalue weighted by atomic mass is 10.2. The van der Waals surface area contributed by atoms with Crippen molar-refractivity contribution in [2.24, 2.45) is 0 Å². The SMILES string of the molecule is CNCc1ccc(Br)c(S(=O)(=O)NCCCCSC)c1. The zero-order valence-corrected chi connectivity index (χ0v) is 15.0. The molecule has 0 aliphatic carbocycles. The molecule has 0 unspecified atom stereocenters. The molecule has 0 aromatic heterocycles. The lowest BCUT2D eigenvalue weighted by molar-refractivity contribution is 0.578. The molecule has 0 aliphatic rings. The summed E-state index contributed by atoms with van der Waals surface area (Å²) in [6, 6.07) is 5.37. The fraction of sp³-hybridized carbons (Fsp3) is 0.538. The van der Waals surface area contributed by atoms with Gasteiger partial charge in [0.2, 0.25) is 10.0 Å². The number of unbranched alkanes of at least 4 members (excludes halogenated alkanes) is 1. The van der Waals surface area contributed by atoms with Gasteiger partial charge in [-0.25, -0.2) is 13.1 Å². The van der Waals surface area contributed by atoms with Gasteiger partial charge in [-0.05, 0) is 65.5 Å². The van der Waals surface area contributed by atoms with E-state index in [2.05, 4.69) is 32.2 Å². The van der Waals surface area contributed by atoms with E-state index in [4.69, 9.17) is 0 Å². The minimum absolute atomic E-state index is 0.301. The van der Waals surface area contributed by atoms with Crippen molar-refractivity contribution in [3.05, 3.63) is 28.2 Å². The number of nitrogens with one attached hydrogen (secondary N) is 2. The normalized spacial score (nSPS) is 11.8. The number of rotatable bonds is 9. The molecule has 1 aromatic carbocycles. The molecule has 0 fully saturated rings. The van der Waals surface area contributed by atoms with Crippen LogP contribution < -0.4 is 10.0 Å². The van der Waals surface area contributed by atoms with Gasteiger partial charge in [0.1, 0.15) is 0 Å². The molecule has 114 valence electrons. The first kappa shape index (κ1) is 18.0. The van der Waals surface area contributed by atoms with Gasteiger partial charge in [0.25, 0.3) is 0 Å². The Morgan fingerprint density at radius 2 is 2.05 bits per heavy atom. The molecule has 0 amide bonds. The van der Waals surface area contributed by atoms with Crippen molar-refractivity contribution in [1.82, 2.24) is 10.0 Å². The first-order valence-corrected chi connectivity index (χ1v) is 10.1. The van der Waals surface area contributed by atoms with Crippen LogP contribution in [0, 0.1) is 0 Å². The summed E-state index contributed by atoms with van der Waals surface area (Å²) in [5.74, 6) is 1.06. The molecule has 0 saturated heterocycles. The molecule has 1 rings (SSSR count). The molecule has 7 heteroatoms.